The van der Waals surface area contributed by atoms with Crippen molar-refractivity contribution < 1.29 is 19.4 Å². The minimum absolute atomic E-state index is 0.0144. The van der Waals surface area contributed by atoms with Gasteiger partial charge in [0.25, 0.3) is 5.56 Å². The highest BCUT2D eigenvalue weighted by molar-refractivity contribution is 5.89. The topological polar surface area (TPSA) is 137 Å². The van der Waals surface area contributed by atoms with Crippen molar-refractivity contribution in [2.45, 2.75) is 31.7 Å². The highest BCUT2D eigenvalue weighted by atomic mass is 16.5. The first-order chi connectivity index (χ1) is 13.9. The van der Waals surface area contributed by atoms with E-state index in [9.17, 15) is 19.5 Å². The van der Waals surface area contributed by atoms with Crippen LogP contribution in [0, 0.1) is 18.8 Å². The quantitative estimate of drug-likeness (QED) is 0.473. The second kappa shape index (κ2) is 8.87. The summed E-state index contributed by atoms with van der Waals surface area (Å²) in [7, 11) is 0. The summed E-state index contributed by atoms with van der Waals surface area (Å²) < 4.78 is 11.8. The van der Waals surface area contributed by atoms with E-state index in [2.05, 4.69) is 16.8 Å². The van der Waals surface area contributed by atoms with E-state index in [0.29, 0.717) is 12.0 Å². The van der Waals surface area contributed by atoms with Gasteiger partial charge in [0, 0.05) is 18.7 Å². The van der Waals surface area contributed by atoms with Crippen LogP contribution in [0.5, 0.6) is 0 Å². The second-order valence-electron chi connectivity index (χ2n) is 6.66. The lowest BCUT2D eigenvalue weighted by molar-refractivity contribution is -0.0271. The van der Waals surface area contributed by atoms with Crippen LogP contribution in [0.3, 0.4) is 0 Å². The minimum Gasteiger partial charge on any atom is -0.449 e. The Bertz CT molecular complexity index is 1060. The van der Waals surface area contributed by atoms with Gasteiger partial charge in [-0.3, -0.25) is 14.3 Å². The van der Waals surface area contributed by atoms with Crippen molar-refractivity contribution in [2.75, 3.05) is 13.2 Å². The first-order valence-corrected chi connectivity index (χ1v) is 8.99. The van der Waals surface area contributed by atoms with Gasteiger partial charge in [-0.1, -0.05) is 29.5 Å². The maximum Gasteiger partial charge on any atom is 0.339 e. The number of nitrogens with one attached hydrogen (secondary N) is 1. The summed E-state index contributed by atoms with van der Waals surface area (Å²) in [4.78, 5) is 38.2. The Morgan fingerprint density at radius 1 is 1.38 bits per heavy atom. The molecule has 152 valence electrons. The van der Waals surface area contributed by atoms with Crippen LogP contribution in [0.1, 0.15) is 34.1 Å². The summed E-state index contributed by atoms with van der Waals surface area (Å²) in [5, 5.41) is 9.24. The molecule has 9 nitrogen and oxygen atoms in total. The highest BCUT2D eigenvalue weighted by Crippen LogP contribution is 2.25. The van der Waals surface area contributed by atoms with Gasteiger partial charge in [-0.15, -0.1) is 0 Å². The van der Waals surface area contributed by atoms with E-state index in [0.717, 1.165) is 5.56 Å². The van der Waals surface area contributed by atoms with Crippen LogP contribution in [0.4, 0.5) is 0 Å². The van der Waals surface area contributed by atoms with E-state index in [4.69, 9.17) is 15.2 Å². The maximum atomic E-state index is 12.1. The summed E-state index contributed by atoms with van der Waals surface area (Å²) in [5.41, 5.74) is 5.98. The molecule has 0 saturated carbocycles. The number of aryl methyl sites for hydroxylation is 1. The predicted molar refractivity (Wildman–Crippen MR) is 103 cm³/mol. The number of ether oxygens (including phenoxy) is 2. The van der Waals surface area contributed by atoms with E-state index in [1.54, 1.807) is 24.3 Å². The van der Waals surface area contributed by atoms with Crippen molar-refractivity contribution in [3.05, 3.63) is 68.0 Å². The number of esters is 1. The Morgan fingerprint density at radius 3 is 2.76 bits per heavy atom. The molecule has 0 amide bonds. The molecule has 1 aromatic carbocycles. The van der Waals surface area contributed by atoms with E-state index in [1.807, 2.05) is 6.92 Å². The number of aromatic amines is 1. The van der Waals surface area contributed by atoms with Crippen molar-refractivity contribution in [1.29, 1.82) is 0 Å². The molecule has 1 aliphatic rings. The maximum absolute atomic E-state index is 12.1. The largest absolute Gasteiger partial charge is 0.449 e. The van der Waals surface area contributed by atoms with Crippen LogP contribution in [0.25, 0.3) is 0 Å². The molecule has 2 aromatic rings. The van der Waals surface area contributed by atoms with Gasteiger partial charge in [-0.05, 0) is 19.1 Å². The average Bonchev–Trinajstić information content (AvgIpc) is 3.07. The van der Waals surface area contributed by atoms with E-state index in [1.165, 1.54) is 10.8 Å². The molecule has 0 aliphatic carbocycles. The molecular formula is C20H21N3O6. The number of hydrogen-bond donors (Lipinski definition) is 3. The monoisotopic (exact) mass is 399 g/mol. The van der Waals surface area contributed by atoms with Crippen molar-refractivity contribution in [1.82, 2.24) is 9.55 Å². The van der Waals surface area contributed by atoms with Crippen LogP contribution < -0.4 is 17.0 Å². The number of nitrogens with zero attached hydrogens (tertiary/aromatic N) is 1. The number of aromatic nitrogens is 2. The van der Waals surface area contributed by atoms with E-state index < -0.39 is 35.6 Å². The first-order valence-electron chi connectivity index (χ1n) is 8.99. The molecule has 1 aromatic heterocycles. The van der Waals surface area contributed by atoms with Crippen molar-refractivity contribution in [3.63, 3.8) is 0 Å². The molecule has 29 heavy (non-hydrogen) atoms. The molecule has 1 aliphatic heterocycles. The number of H-pyrrole nitrogens is 1. The summed E-state index contributed by atoms with van der Waals surface area (Å²) in [6, 6.07) is 6.46. The third kappa shape index (κ3) is 4.81. The molecule has 3 atom stereocenters. The zero-order valence-corrected chi connectivity index (χ0v) is 15.8. The SMILES string of the molecule is Cc1ccc(C(=O)OCC#Cc2cn([C@H]3C[C@H](N)[C@@H](CO)O3)c(=O)[nH]c2=O)cc1. The van der Waals surface area contributed by atoms with Gasteiger partial charge in [-0.25, -0.2) is 9.59 Å². The third-order valence-electron chi connectivity index (χ3n) is 4.53. The summed E-state index contributed by atoms with van der Waals surface area (Å²) in [6.07, 6.45) is 0.270. The number of rotatable bonds is 4. The summed E-state index contributed by atoms with van der Waals surface area (Å²) in [6.45, 7) is 1.42. The number of nitrogens with two attached hydrogens (primary N) is 1. The van der Waals surface area contributed by atoms with Crippen molar-refractivity contribution in [3.8, 4) is 11.8 Å². The van der Waals surface area contributed by atoms with Gasteiger partial charge in [0.15, 0.2) is 6.61 Å². The molecule has 0 unspecified atom stereocenters. The molecule has 1 saturated heterocycles. The Kier molecular flexibility index (Phi) is 6.29. The van der Waals surface area contributed by atoms with Crippen LogP contribution in [-0.2, 0) is 9.47 Å². The molecule has 1 fully saturated rings. The van der Waals surface area contributed by atoms with Gasteiger partial charge in [0.2, 0.25) is 0 Å². The smallest absolute Gasteiger partial charge is 0.339 e. The first kappa shape index (κ1) is 20.5. The lowest BCUT2D eigenvalue weighted by atomic mass is 10.1. The van der Waals surface area contributed by atoms with Crippen molar-refractivity contribution in [2.24, 2.45) is 5.73 Å². The van der Waals surface area contributed by atoms with Crippen LogP contribution in [-0.4, -0.2) is 46.0 Å². The zero-order valence-electron chi connectivity index (χ0n) is 15.8. The predicted octanol–water partition coefficient (Wildman–Crippen LogP) is -0.339. The standard InChI is InChI=1S/C20H21N3O6/c1-12-4-6-13(7-5-12)19(26)28-8-2-3-14-10-23(20(27)22-18(14)25)17-9-15(21)16(11-24)29-17/h4-7,10,15-17,24H,8-9,11,21H2,1H3,(H,22,25,27)/t15-,16+,17+/m0/s1. The zero-order chi connectivity index (χ0) is 21.0. The van der Waals surface area contributed by atoms with Crippen LogP contribution in [0.15, 0.2) is 40.1 Å². The lowest BCUT2D eigenvalue weighted by Crippen LogP contribution is -2.33. The Labute approximate surface area is 166 Å². The third-order valence-corrected chi connectivity index (χ3v) is 4.53. The summed E-state index contributed by atoms with van der Waals surface area (Å²) in [5.74, 6) is 4.65. The number of aliphatic hydroxyl groups is 1. The Morgan fingerprint density at radius 2 is 2.10 bits per heavy atom. The molecule has 0 spiro atoms. The average molecular weight is 399 g/mol. The van der Waals surface area contributed by atoms with Crippen LogP contribution in [0.2, 0.25) is 0 Å². The molecule has 3 rings (SSSR count). The van der Waals surface area contributed by atoms with Gasteiger partial charge < -0.3 is 20.3 Å². The normalized spacial score (nSPS) is 20.7. The molecule has 2 heterocycles. The van der Waals surface area contributed by atoms with E-state index in [-0.39, 0.29) is 18.8 Å². The van der Waals surface area contributed by atoms with Crippen LogP contribution >= 0.6 is 0 Å². The molecule has 4 N–H and O–H groups in total. The molecule has 0 radical (unpaired) electrons. The number of benzene rings is 1. The van der Waals surface area contributed by atoms with Gasteiger partial charge in [-0.2, -0.15) is 0 Å². The minimum atomic E-state index is -0.716. The molecule has 9 heteroatoms. The fraction of sp³-hybridized carbons (Fsp3) is 0.350. The molecule has 0 bridgehead atoms. The van der Waals surface area contributed by atoms with E-state index >= 15 is 0 Å². The number of hydrogen-bond acceptors (Lipinski definition) is 7. The van der Waals surface area contributed by atoms with Gasteiger partial charge in [0.05, 0.1) is 18.3 Å². The Balaban J connectivity index is 1.70. The van der Waals surface area contributed by atoms with Gasteiger partial charge in [0.1, 0.15) is 11.8 Å². The second-order valence-corrected chi connectivity index (χ2v) is 6.66. The van der Waals surface area contributed by atoms with Gasteiger partial charge >= 0.3 is 11.7 Å². The highest BCUT2D eigenvalue weighted by Gasteiger charge is 2.33. The fourth-order valence-electron chi connectivity index (χ4n) is 2.89. The fourth-order valence-corrected chi connectivity index (χ4v) is 2.89. The molecular weight excluding hydrogens is 378 g/mol. The number of carbonyl (C=O) groups is 1. The summed E-state index contributed by atoms with van der Waals surface area (Å²) >= 11 is 0. The Hall–Kier alpha value is -3.19. The lowest BCUT2D eigenvalue weighted by Gasteiger charge is -2.14. The van der Waals surface area contributed by atoms with Crippen molar-refractivity contribution >= 4 is 5.97 Å². The number of aliphatic hydroxyl groups excluding tert-OH is 1. The number of carbonyl (C=O) groups excluding carboxylic acids is 1.